The molecule has 192 valence electrons. The normalized spacial score (nSPS) is 13.9. The monoisotopic (exact) mass is 510 g/mol. The lowest BCUT2D eigenvalue weighted by atomic mass is 10.1. The van der Waals surface area contributed by atoms with Crippen molar-refractivity contribution in [1.82, 2.24) is 29.3 Å². The number of amides is 1. The standard InChI is InChI=1S/C25H24F2N6O4/c1-14-19-12-31(25(35)15(2)26)6-7-32(19)30-23(14)16-8-20(24-21(36-3)10-29-33(24)11-16)37-22(13-34)18-5-4-17(27)9-28-18/h4-5,8-11,22,34H,2,6-7,12-13H2,1,3H3. The van der Waals surface area contributed by atoms with E-state index in [2.05, 4.69) is 16.7 Å². The SMILES string of the molecule is C=C(F)C(=O)N1CCn2nc(-c3cc(OC(CO)c4ccc(F)cn4)c4c(OC)cnn4c3)c(C)c2C1. The highest BCUT2D eigenvalue weighted by Gasteiger charge is 2.28. The molecule has 1 N–H and O–H groups in total. The Morgan fingerprint density at radius 3 is 2.76 bits per heavy atom. The van der Waals surface area contributed by atoms with E-state index in [0.29, 0.717) is 47.1 Å². The van der Waals surface area contributed by atoms with E-state index in [1.807, 2.05) is 6.92 Å². The van der Waals surface area contributed by atoms with Crippen molar-refractivity contribution in [3.63, 3.8) is 0 Å². The van der Waals surface area contributed by atoms with Crippen LogP contribution in [0.25, 0.3) is 16.8 Å². The Morgan fingerprint density at radius 1 is 1.27 bits per heavy atom. The number of hydrogen-bond acceptors (Lipinski definition) is 7. The first-order valence-electron chi connectivity index (χ1n) is 11.4. The van der Waals surface area contributed by atoms with E-state index in [1.165, 1.54) is 30.3 Å². The van der Waals surface area contributed by atoms with E-state index in [4.69, 9.17) is 14.6 Å². The number of ether oxygens (including phenoxy) is 2. The fourth-order valence-corrected chi connectivity index (χ4v) is 4.41. The Hall–Kier alpha value is -4.32. The molecule has 1 aliphatic rings. The molecule has 10 nitrogen and oxygen atoms in total. The number of pyridine rings is 2. The van der Waals surface area contributed by atoms with Crippen LogP contribution in [0.4, 0.5) is 8.78 Å². The van der Waals surface area contributed by atoms with E-state index in [9.17, 15) is 18.7 Å². The highest BCUT2D eigenvalue weighted by atomic mass is 19.1. The zero-order chi connectivity index (χ0) is 26.3. The van der Waals surface area contributed by atoms with E-state index in [0.717, 1.165) is 17.5 Å². The van der Waals surface area contributed by atoms with Crippen LogP contribution in [0.15, 0.2) is 49.2 Å². The highest BCUT2D eigenvalue weighted by Crippen LogP contribution is 2.37. The predicted octanol–water partition coefficient (Wildman–Crippen LogP) is 2.99. The number of halogens is 2. The molecule has 4 aromatic heterocycles. The van der Waals surface area contributed by atoms with Gasteiger partial charge in [0.15, 0.2) is 28.9 Å². The summed E-state index contributed by atoms with van der Waals surface area (Å²) in [6.45, 7) is 5.48. The van der Waals surface area contributed by atoms with Crippen LogP contribution >= 0.6 is 0 Å². The van der Waals surface area contributed by atoms with Crippen LogP contribution < -0.4 is 9.47 Å². The molecule has 0 spiro atoms. The minimum atomic E-state index is -1.00. The van der Waals surface area contributed by atoms with Crippen molar-refractivity contribution >= 4 is 11.4 Å². The molecule has 0 radical (unpaired) electrons. The fourth-order valence-electron chi connectivity index (χ4n) is 4.41. The van der Waals surface area contributed by atoms with Gasteiger partial charge < -0.3 is 19.5 Å². The Morgan fingerprint density at radius 2 is 2.08 bits per heavy atom. The van der Waals surface area contributed by atoms with E-state index >= 15 is 0 Å². The van der Waals surface area contributed by atoms with E-state index in [1.54, 1.807) is 21.5 Å². The summed E-state index contributed by atoms with van der Waals surface area (Å²) in [5.74, 6) is -1.45. The van der Waals surface area contributed by atoms with Crippen LogP contribution in [-0.2, 0) is 17.9 Å². The third kappa shape index (κ3) is 4.40. The maximum absolute atomic E-state index is 13.4. The lowest BCUT2D eigenvalue weighted by Crippen LogP contribution is -2.38. The number of carbonyl (C=O) groups excluding carboxylic acids is 1. The molecular weight excluding hydrogens is 486 g/mol. The second-order valence-corrected chi connectivity index (χ2v) is 8.56. The maximum Gasteiger partial charge on any atom is 0.282 e. The number of carbonyl (C=O) groups is 1. The first-order valence-corrected chi connectivity index (χ1v) is 11.4. The average molecular weight is 511 g/mol. The van der Waals surface area contributed by atoms with Gasteiger partial charge in [-0.3, -0.25) is 14.5 Å². The summed E-state index contributed by atoms with van der Waals surface area (Å²) in [6.07, 6.45) is 3.47. The molecule has 5 rings (SSSR count). The summed E-state index contributed by atoms with van der Waals surface area (Å²) < 4.78 is 41.8. The van der Waals surface area contributed by atoms with Gasteiger partial charge in [0.25, 0.3) is 5.91 Å². The van der Waals surface area contributed by atoms with Crippen molar-refractivity contribution < 1.29 is 28.2 Å². The molecule has 4 aromatic rings. The summed E-state index contributed by atoms with van der Waals surface area (Å²) in [5.41, 5.74) is 3.74. The summed E-state index contributed by atoms with van der Waals surface area (Å²) in [7, 11) is 1.51. The third-order valence-corrected chi connectivity index (χ3v) is 6.31. The van der Waals surface area contributed by atoms with Gasteiger partial charge in [0.1, 0.15) is 5.82 Å². The van der Waals surface area contributed by atoms with Gasteiger partial charge in [-0.05, 0) is 25.1 Å². The molecule has 0 aromatic carbocycles. The molecule has 0 fully saturated rings. The van der Waals surface area contributed by atoms with Crippen molar-refractivity contribution in [3.8, 4) is 22.8 Å². The quantitative estimate of drug-likeness (QED) is 0.381. The molecule has 5 heterocycles. The zero-order valence-electron chi connectivity index (χ0n) is 20.2. The molecule has 12 heteroatoms. The molecular formula is C25H24F2N6O4. The van der Waals surface area contributed by atoms with Crippen molar-refractivity contribution in [3.05, 3.63) is 72.0 Å². The number of hydrogen-bond donors (Lipinski definition) is 1. The number of fused-ring (bicyclic) bond motifs is 2. The fraction of sp³-hybridized carbons (Fsp3) is 0.280. The van der Waals surface area contributed by atoms with Gasteiger partial charge >= 0.3 is 0 Å². The maximum atomic E-state index is 13.4. The molecule has 1 aliphatic heterocycles. The molecule has 1 atom stereocenters. The number of aliphatic hydroxyl groups excluding tert-OH is 1. The molecule has 0 bridgehead atoms. The van der Waals surface area contributed by atoms with Gasteiger partial charge in [0.05, 0.1) is 56.3 Å². The Kier molecular flexibility index (Phi) is 6.34. The van der Waals surface area contributed by atoms with Gasteiger partial charge in [-0.25, -0.2) is 13.3 Å². The Balaban J connectivity index is 1.56. The summed E-state index contributed by atoms with van der Waals surface area (Å²) >= 11 is 0. The molecule has 1 unspecified atom stereocenters. The molecule has 0 saturated heterocycles. The molecule has 0 saturated carbocycles. The van der Waals surface area contributed by atoms with Gasteiger partial charge in [-0.15, -0.1) is 0 Å². The minimum absolute atomic E-state index is 0.199. The zero-order valence-corrected chi connectivity index (χ0v) is 20.2. The number of aromatic nitrogens is 5. The Bertz CT molecular complexity index is 1500. The molecule has 0 aliphatic carbocycles. The first kappa shape index (κ1) is 24.4. The number of aliphatic hydroxyl groups is 1. The smallest absolute Gasteiger partial charge is 0.282 e. The van der Waals surface area contributed by atoms with Crippen LogP contribution in [0, 0.1) is 12.7 Å². The number of rotatable bonds is 7. The van der Waals surface area contributed by atoms with E-state index in [-0.39, 0.29) is 6.54 Å². The van der Waals surface area contributed by atoms with Gasteiger partial charge in [-0.1, -0.05) is 6.58 Å². The lowest BCUT2D eigenvalue weighted by molar-refractivity contribution is -0.130. The lowest BCUT2D eigenvalue weighted by Gasteiger charge is -2.27. The topological polar surface area (TPSA) is 107 Å². The van der Waals surface area contributed by atoms with Crippen molar-refractivity contribution in [2.45, 2.75) is 26.1 Å². The van der Waals surface area contributed by atoms with Crippen molar-refractivity contribution in [2.24, 2.45) is 0 Å². The van der Waals surface area contributed by atoms with Gasteiger partial charge in [-0.2, -0.15) is 10.2 Å². The predicted molar refractivity (Wildman–Crippen MR) is 128 cm³/mol. The van der Waals surface area contributed by atoms with Crippen LogP contribution in [0.1, 0.15) is 23.1 Å². The minimum Gasteiger partial charge on any atom is -0.493 e. The van der Waals surface area contributed by atoms with Crippen molar-refractivity contribution in [2.75, 3.05) is 20.3 Å². The Labute approximate surface area is 210 Å². The third-order valence-electron chi connectivity index (χ3n) is 6.31. The molecule has 37 heavy (non-hydrogen) atoms. The highest BCUT2D eigenvalue weighted by molar-refractivity contribution is 5.90. The van der Waals surface area contributed by atoms with Crippen LogP contribution in [-0.4, -0.2) is 60.6 Å². The summed E-state index contributed by atoms with van der Waals surface area (Å²) in [4.78, 5) is 17.6. The van der Waals surface area contributed by atoms with Crippen LogP contribution in [0.3, 0.4) is 0 Å². The second kappa shape index (κ2) is 9.62. The summed E-state index contributed by atoms with van der Waals surface area (Å²) in [6, 6.07) is 4.43. The largest absolute Gasteiger partial charge is 0.493 e. The van der Waals surface area contributed by atoms with Gasteiger partial charge in [0, 0.05) is 23.9 Å². The van der Waals surface area contributed by atoms with Crippen LogP contribution in [0.2, 0.25) is 0 Å². The average Bonchev–Trinajstić information content (AvgIpc) is 3.47. The summed E-state index contributed by atoms with van der Waals surface area (Å²) in [5, 5.41) is 19.1. The van der Waals surface area contributed by atoms with Crippen molar-refractivity contribution in [1.29, 1.82) is 0 Å². The van der Waals surface area contributed by atoms with Gasteiger partial charge in [0.2, 0.25) is 0 Å². The molecule has 1 amide bonds. The van der Waals surface area contributed by atoms with E-state index < -0.39 is 30.3 Å². The number of nitrogens with zero attached hydrogens (tertiary/aromatic N) is 6. The van der Waals surface area contributed by atoms with Crippen LogP contribution in [0.5, 0.6) is 11.5 Å². The second-order valence-electron chi connectivity index (χ2n) is 8.56. The number of methoxy groups -OCH3 is 1. The first-order chi connectivity index (χ1) is 17.8.